The van der Waals surface area contributed by atoms with Gasteiger partial charge in [0.1, 0.15) is 0 Å². The molecule has 0 aliphatic carbocycles. The molecule has 1 unspecified atom stereocenters. The maximum atomic E-state index is 11.9. The fraction of sp³-hybridized carbons (Fsp3) is 0.545. The van der Waals surface area contributed by atoms with Crippen molar-refractivity contribution in [1.29, 1.82) is 0 Å². The fourth-order valence-electron chi connectivity index (χ4n) is 1.54. The van der Waals surface area contributed by atoms with E-state index in [0.717, 1.165) is 0 Å². The molecule has 1 aromatic rings. The highest BCUT2D eigenvalue weighted by atomic mass is 16.6. The summed E-state index contributed by atoms with van der Waals surface area (Å²) in [5.74, 6) is -0.638. The van der Waals surface area contributed by atoms with Gasteiger partial charge in [-0.3, -0.25) is 4.79 Å². The van der Waals surface area contributed by atoms with Gasteiger partial charge in [-0.25, -0.2) is 4.98 Å². The summed E-state index contributed by atoms with van der Waals surface area (Å²) in [5, 5.41) is 22.2. The van der Waals surface area contributed by atoms with E-state index < -0.39 is 16.4 Å². The van der Waals surface area contributed by atoms with Crippen LogP contribution in [0.4, 0.5) is 5.82 Å². The topological polar surface area (TPSA) is 108 Å². The first-order chi connectivity index (χ1) is 8.41. The Morgan fingerprint density at radius 1 is 1.61 bits per heavy atom. The summed E-state index contributed by atoms with van der Waals surface area (Å²) in [6.07, 6.45) is 1.08. The Morgan fingerprint density at radius 3 is 2.72 bits per heavy atom. The summed E-state index contributed by atoms with van der Waals surface area (Å²) < 4.78 is 0. The van der Waals surface area contributed by atoms with Crippen LogP contribution in [0.2, 0.25) is 0 Å². The predicted molar refractivity (Wildman–Crippen MR) is 65.3 cm³/mol. The molecule has 1 heterocycles. The maximum Gasteiger partial charge on any atom is 0.321 e. The normalized spacial score (nSPS) is 13.9. The lowest BCUT2D eigenvalue weighted by Gasteiger charge is -2.28. The van der Waals surface area contributed by atoms with E-state index in [9.17, 15) is 14.9 Å². The second kappa shape index (κ2) is 5.63. The zero-order valence-corrected chi connectivity index (χ0v) is 10.4. The number of rotatable bonds is 6. The first-order valence-electron chi connectivity index (χ1n) is 5.68. The number of aromatic nitrogens is 1. The summed E-state index contributed by atoms with van der Waals surface area (Å²) >= 11 is 0. The third kappa shape index (κ3) is 3.30. The van der Waals surface area contributed by atoms with Crippen LogP contribution in [0.15, 0.2) is 12.1 Å². The van der Waals surface area contributed by atoms with Crippen LogP contribution in [0, 0.1) is 10.1 Å². The van der Waals surface area contributed by atoms with Crippen molar-refractivity contribution in [2.75, 3.05) is 6.61 Å². The monoisotopic (exact) mass is 255 g/mol. The maximum absolute atomic E-state index is 11.9. The number of hydrogen-bond donors (Lipinski definition) is 3. The second-order valence-corrected chi connectivity index (χ2v) is 4.36. The van der Waals surface area contributed by atoms with E-state index >= 15 is 0 Å². The number of nitro groups is 1. The highest BCUT2D eigenvalue weighted by molar-refractivity contribution is 5.93. The van der Waals surface area contributed by atoms with Gasteiger partial charge in [0.15, 0.2) is 5.69 Å². The molecular formula is C11H17N3O4. The number of carbonyl (C=O) groups excluding carboxylic acids is 1. The molecule has 7 nitrogen and oxygen atoms in total. The van der Waals surface area contributed by atoms with Crippen molar-refractivity contribution in [2.45, 2.75) is 32.2 Å². The Morgan fingerprint density at radius 2 is 2.28 bits per heavy atom. The van der Waals surface area contributed by atoms with E-state index in [-0.39, 0.29) is 18.1 Å². The van der Waals surface area contributed by atoms with Crippen molar-refractivity contribution in [1.82, 2.24) is 10.3 Å². The van der Waals surface area contributed by atoms with Gasteiger partial charge >= 0.3 is 5.82 Å². The van der Waals surface area contributed by atoms with Gasteiger partial charge in [-0.15, -0.1) is 0 Å². The molecule has 0 saturated heterocycles. The Labute approximate surface area is 104 Å². The third-order valence-electron chi connectivity index (χ3n) is 2.97. The second-order valence-electron chi connectivity index (χ2n) is 4.36. The van der Waals surface area contributed by atoms with Gasteiger partial charge in [-0.1, -0.05) is 6.92 Å². The molecule has 0 spiro atoms. The highest BCUT2D eigenvalue weighted by Gasteiger charge is 2.26. The number of amides is 1. The Kier molecular flexibility index (Phi) is 4.43. The number of aliphatic hydroxyl groups excluding tert-OH is 1. The average molecular weight is 255 g/mol. The molecule has 0 saturated carbocycles. The zero-order valence-electron chi connectivity index (χ0n) is 10.4. The highest BCUT2D eigenvalue weighted by Crippen LogP contribution is 2.16. The Balaban J connectivity index is 2.77. The molecule has 0 fully saturated rings. The van der Waals surface area contributed by atoms with Crippen LogP contribution in [0.25, 0.3) is 0 Å². The molecular weight excluding hydrogens is 238 g/mol. The summed E-state index contributed by atoms with van der Waals surface area (Å²) in [6, 6.07) is 2.60. The molecule has 100 valence electrons. The first-order valence-corrected chi connectivity index (χ1v) is 5.68. The van der Waals surface area contributed by atoms with Gasteiger partial charge in [0.25, 0.3) is 5.91 Å². The van der Waals surface area contributed by atoms with E-state index in [2.05, 4.69) is 10.3 Å². The molecule has 1 rings (SSSR count). The van der Waals surface area contributed by atoms with Crippen molar-refractivity contribution in [2.24, 2.45) is 0 Å². The van der Waals surface area contributed by atoms with E-state index in [1.165, 1.54) is 12.1 Å². The molecule has 0 aromatic carbocycles. The van der Waals surface area contributed by atoms with Crippen LogP contribution >= 0.6 is 0 Å². The minimum Gasteiger partial charge on any atom is -0.396 e. The summed E-state index contributed by atoms with van der Waals surface area (Å²) in [7, 11) is 0. The number of aliphatic hydroxyl groups is 1. The number of nitrogens with one attached hydrogen (secondary N) is 2. The number of carbonyl (C=O) groups is 1. The standard InChI is InChI=1S/C11H17N3O4/c1-3-11(2,6-7-15)13-10(16)8-4-5-9(12-8)14(17)18/h4-5,12,15H,3,6-7H2,1-2H3,(H,13,16). The van der Waals surface area contributed by atoms with Crippen molar-refractivity contribution in [3.8, 4) is 0 Å². The van der Waals surface area contributed by atoms with Crippen LogP contribution in [0.1, 0.15) is 37.2 Å². The van der Waals surface area contributed by atoms with Crippen LogP contribution in [-0.2, 0) is 0 Å². The van der Waals surface area contributed by atoms with Crippen LogP contribution in [0.3, 0.4) is 0 Å². The van der Waals surface area contributed by atoms with Crippen LogP contribution in [-0.4, -0.2) is 33.1 Å². The minimum absolute atomic E-state index is 0.0322. The molecule has 0 radical (unpaired) electrons. The molecule has 0 aliphatic rings. The molecule has 3 N–H and O–H groups in total. The van der Waals surface area contributed by atoms with E-state index in [4.69, 9.17) is 5.11 Å². The quantitative estimate of drug-likeness (QED) is 0.524. The van der Waals surface area contributed by atoms with E-state index in [1.807, 2.05) is 13.8 Å². The van der Waals surface area contributed by atoms with Gasteiger partial charge in [0.05, 0.1) is 0 Å². The van der Waals surface area contributed by atoms with Crippen LogP contribution in [0.5, 0.6) is 0 Å². The van der Waals surface area contributed by atoms with Crippen LogP contribution < -0.4 is 5.32 Å². The van der Waals surface area contributed by atoms with Crippen molar-refractivity contribution in [3.05, 3.63) is 27.9 Å². The molecule has 18 heavy (non-hydrogen) atoms. The van der Waals surface area contributed by atoms with Gasteiger partial charge in [-0.2, -0.15) is 0 Å². The Bertz CT molecular complexity index is 443. The molecule has 0 aliphatic heterocycles. The summed E-state index contributed by atoms with van der Waals surface area (Å²) in [6.45, 7) is 3.68. The molecule has 1 atom stereocenters. The average Bonchev–Trinajstić information content (AvgIpc) is 2.78. The van der Waals surface area contributed by atoms with Gasteiger partial charge in [0.2, 0.25) is 0 Å². The van der Waals surface area contributed by atoms with Crippen molar-refractivity contribution in [3.63, 3.8) is 0 Å². The molecule has 1 amide bonds. The third-order valence-corrected chi connectivity index (χ3v) is 2.97. The molecule has 7 heteroatoms. The SMILES string of the molecule is CCC(C)(CCO)NC(=O)c1ccc([N+](=O)[O-])[nH]1. The van der Waals surface area contributed by atoms with Crippen molar-refractivity contribution < 1.29 is 14.8 Å². The van der Waals surface area contributed by atoms with E-state index in [0.29, 0.717) is 12.8 Å². The number of nitrogens with zero attached hydrogens (tertiary/aromatic N) is 1. The van der Waals surface area contributed by atoms with Gasteiger partial charge in [0, 0.05) is 18.2 Å². The lowest BCUT2D eigenvalue weighted by molar-refractivity contribution is -0.389. The summed E-state index contributed by atoms with van der Waals surface area (Å²) in [4.78, 5) is 24.2. The smallest absolute Gasteiger partial charge is 0.321 e. The fourth-order valence-corrected chi connectivity index (χ4v) is 1.54. The lowest BCUT2D eigenvalue weighted by atomic mass is 9.95. The Hall–Kier alpha value is -1.89. The van der Waals surface area contributed by atoms with Gasteiger partial charge < -0.3 is 20.5 Å². The van der Waals surface area contributed by atoms with Gasteiger partial charge in [-0.05, 0) is 30.8 Å². The minimum atomic E-state index is -0.594. The number of hydrogen-bond acceptors (Lipinski definition) is 4. The first kappa shape index (κ1) is 14.2. The zero-order chi connectivity index (χ0) is 13.8. The predicted octanol–water partition coefficient (Wildman–Crippen LogP) is 1.20. The molecule has 0 bridgehead atoms. The van der Waals surface area contributed by atoms with Crippen molar-refractivity contribution >= 4 is 11.7 Å². The number of aromatic amines is 1. The summed E-state index contributed by atoms with van der Waals surface area (Å²) in [5.41, 5.74) is -0.384. The molecule has 1 aromatic heterocycles. The van der Waals surface area contributed by atoms with E-state index in [1.54, 1.807) is 0 Å². The number of H-pyrrole nitrogens is 1. The largest absolute Gasteiger partial charge is 0.396 e. The lowest BCUT2D eigenvalue weighted by Crippen LogP contribution is -2.46.